The molecule has 0 aliphatic rings. The predicted molar refractivity (Wildman–Crippen MR) is 135 cm³/mol. The summed E-state index contributed by atoms with van der Waals surface area (Å²) < 4.78 is 0. The summed E-state index contributed by atoms with van der Waals surface area (Å²) in [5.74, 6) is -0.247. The molecule has 0 aliphatic heterocycles. The van der Waals surface area contributed by atoms with Gasteiger partial charge in [0.1, 0.15) is 16.6 Å². The first-order chi connectivity index (χ1) is 14.9. The molecule has 0 spiro atoms. The van der Waals surface area contributed by atoms with E-state index in [0.717, 1.165) is 37.1 Å². The van der Waals surface area contributed by atoms with Gasteiger partial charge in [0.2, 0.25) is 0 Å². The van der Waals surface area contributed by atoms with Crippen LogP contribution in [0.15, 0.2) is 34.4 Å². The zero-order valence-electron chi connectivity index (χ0n) is 19.9. The molecule has 0 fully saturated rings. The molecule has 0 saturated carbocycles. The maximum absolute atomic E-state index is 12.0. The average Bonchev–Trinajstić information content (AvgIpc) is 3.11. The Morgan fingerprint density at radius 1 is 1.03 bits per heavy atom. The smallest absolute Gasteiger partial charge is 0.270 e. The number of H-pyrrole nitrogens is 1. The fraction of sp³-hybridized carbons (Fsp3) is 0.462. The molecule has 3 aromatic rings. The lowest BCUT2D eigenvalue weighted by atomic mass is 9.90. The topological polar surface area (TPSA) is 80.1 Å². The normalized spacial score (nSPS) is 12.2. The second-order valence-corrected chi connectivity index (χ2v) is 11.7. The van der Waals surface area contributed by atoms with Crippen LogP contribution in [0.4, 0.5) is 5.69 Å². The molecule has 32 heavy (non-hydrogen) atoms. The minimum Gasteiger partial charge on any atom is -0.506 e. The quantitative estimate of drug-likeness (QED) is 0.447. The fourth-order valence-corrected chi connectivity index (χ4v) is 4.53. The van der Waals surface area contributed by atoms with E-state index in [1.807, 2.05) is 5.38 Å². The van der Waals surface area contributed by atoms with Crippen molar-refractivity contribution < 1.29 is 5.11 Å². The number of nitrogens with zero attached hydrogens (tertiary/aromatic N) is 2. The van der Waals surface area contributed by atoms with Gasteiger partial charge in [-0.2, -0.15) is 5.26 Å². The van der Waals surface area contributed by atoms with Gasteiger partial charge in [-0.15, -0.1) is 11.3 Å². The van der Waals surface area contributed by atoms with E-state index in [9.17, 15) is 15.2 Å². The summed E-state index contributed by atoms with van der Waals surface area (Å²) in [4.78, 5) is 17.7. The van der Waals surface area contributed by atoms with Crippen LogP contribution in [-0.2, 0) is 0 Å². The van der Waals surface area contributed by atoms with Crippen LogP contribution >= 0.6 is 11.3 Å². The predicted octanol–water partition coefficient (Wildman–Crippen LogP) is 6.51. The Labute approximate surface area is 194 Å². The second-order valence-electron chi connectivity index (χ2n) is 10.8. The Bertz CT molecular complexity index is 1170. The van der Waals surface area contributed by atoms with E-state index in [2.05, 4.69) is 75.7 Å². The van der Waals surface area contributed by atoms with Crippen molar-refractivity contribution >= 4 is 27.2 Å². The van der Waals surface area contributed by atoms with E-state index in [1.165, 1.54) is 17.0 Å². The number of aromatic nitrogens is 1. The third kappa shape index (κ3) is 5.52. The lowest BCUT2D eigenvalue weighted by Crippen LogP contribution is -2.30. The molecule has 170 valence electrons. The van der Waals surface area contributed by atoms with Crippen molar-refractivity contribution in [2.45, 2.75) is 54.4 Å². The molecular formula is C26H33N3O2S. The van der Waals surface area contributed by atoms with E-state index in [0.29, 0.717) is 10.2 Å². The average molecular weight is 452 g/mol. The molecule has 0 amide bonds. The van der Waals surface area contributed by atoms with Gasteiger partial charge in [0.05, 0.1) is 5.39 Å². The number of anilines is 1. The molecular weight excluding hydrogens is 418 g/mol. The van der Waals surface area contributed by atoms with E-state index in [-0.39, 0.29) is 22.1 Å². The van der Waals surface area contributed by atoms with Gasteiger partial charge in [-0.1, -0.05) is 53.7 Å². The molecule has 0 saturated heterocycles. The van der Waals surface area contributed by atoms with Gasteiger partial charge in [0, 0.05) is 29.7 Å². The molecule has 0 atom stereocenters. The molecule has 0 radical (unpaired) electrons. The van der Waals surface area contributed by atoms with Gasteiger partial charge in [0.15, 0.2) is 5.56 Å². The SMILES string of the molecule is CC(C)(C)CCN(CCC(C)(C)C)c1ccc(-c2csc3[nH]c(=O)c(C#N)c(O)c23)cc1. The highest BCUT2D eigenvalue weighted by atomic mass is 32.1. The van der Waals surface area contributed by atoms with Crippen LogP contribution in [0, 0.1) is 22.2 Å². The van der Waals surface area contributed by atoms with Gasteiger partial charge >= 0.3 is 0 Å². The summed E-state index contributed by atoms with van der Waals surface area (Å²) in [7, 11) is 0. The minimum absolute atomic E-state index is 0.246. The fourth-order valence-electron chi connectivity index (χ4n) is 3.56. The number of aromatic amines is 1. The summed E-state index contributed by atoms with van der Waals surface area (Å²) in [6, 6.07) is 10.2. The third-order valence-corrected chi connectivity index (χ3v) is 6.53. The van der Waals surface area contributed by atoms with Crippen LogP contribution in [-0.4, -0.2) is 23.2 Å². The molecule has 0 bridgehead atoms. The number of hydrogen-bond donors (Lipinski definition) is 2. The summed E-state index contributed by atoms with van der Waals surface area (Å²) in [5.41, 5.74) is 2.66. The summed E-state index contributed by atoms with van der Waals surface area (Å²) in [6.07, 6.45) is 2.21. The first-order valence-corrected chi connectivity index (χ1v) is 11.9. The zero-order valence-corrected chi connectivity index (χ0v) is 20.7. The van der Waals surface area contributed by atoms with Crippen LogP contribution in [0.5, 0.6) is 5.75 Å². The van der Waals surface area contributed by atoms with E-state index in [4.69, 9.17) is 0 Å². The molecule has 5 nitrogen and oxygen atoms in total. The summed E-state index contributed by atoms with van der Waals surface area (Å²) >= 11 is 1.35. The van der Waals surface area contributed by atoms with Crippen molar-refractivity contribution in [2.24, 2.45) is 10.8 Å². The lowest BCUT2D eigenvalue weighted by molar-refractivity contribution is 0.357. The Balaban J connectivity index is 1.94. The third-order valence-electron chi connectivity index (χ3n) is 5.64. The van der Waals surface area contributed by atoms with Gasteiger partial charge in [-0.05, 0) is 41.4 Å². The van der Waals surface area contributed by atoms with E-state index < -0.39 is 5.56 Å². The lowest BCUT2D eigenvalue weighted by Gasteiger charge is -2.31. The van der Waals surface area contributed by atoms with Crippen LogP contribution in [0.1, 0.15) is 59.9 Å². The Hall–Kier alpha value is -2.78. The molecule has 6 heteroatoms. The van der Waals surface area contributed by atoms with Gasteiger partial charge < -0.3 is 15.0 Å². The largest absolute Gasteiger partial charge is 0.506 e. The monoisotopic (exact) mass is 451 g/mol. The zero-order chi connectivity index (χ0) is 23.7. The van der Waals surface area contributed by atoms with Crippen molar-refractivity contribution in [3.05, 3.63) is 45.6 Å². The Morgan fingerprint density at radius 2 is 1.59 bits per heavy atom. The number of nitrogens with one attached hydrogen (secondary N) is 1. The Kier molecular flexibility index (Phi) is 6.71. The molecule has 0 unspecified atom stereocenters. The van der Waals surface area contributed by atoms with E-state index in [1.54, 1.807) is 6.07 Å². The molecule has 1 aromatic carbocycles. The number of fused-ring (bicyclic) bond motifs is 1. The number of benzene rings is 1. The van der Waals surface area contributed by atoms with Crippen LogP contribution in [0.2, 0.25) is 0 Å². The highest BCUT2D eigenvalue weighted by Crippen LogP contribution is 2.39. The minimum atomic E-state index is -0.561. The standard InChI is InChI=1S/C26H33N3O2S/c1-25(2,3)11-13-29(14-12-26(4,5)6)18-9-7-17(8-10-18)20-16-32-24-21(20)22(30)19(15-27)23(31)28-24/h7-10,16H,11-14H2,1-6H3,(H2,28,30,31). The molecule has 2 heterocycles. The number of nitriles is 1. The number of pyridine rings is 1. The second kappa shape index (κ2) is 8.99. The summed E-state index contributed by atoms with van der Waals surface area (Å²) in [5, 5.41) is 22.2. The van der Waals surface area contributed by atoms with Crippen molar-refractivity contribution in [2.75, 3.05) is 18.0 Å². The Morgan fingerprint density at radius 3 is 2.09 bits per heavy atom. The number of thiophene rings is 1. The number of rotatable bonds is 6. The van der Waals surface area contributed by atoms with Gasteiger partial charge in [0.25, 0.3) is 5.56 Å². The van der Waals surface area contributed by atoms with Crippen molar-refractivity contribution in [3.8, 4) is 22.9 Å². The maximum Gasteiger partial charge on any atom is 0.270 e. The molecule has 0 aliphatic carbocycles. The maximum atomic E-state index is 12.0. The number of aromatic hydroxyl groups is 1. The highest BCUT2D eigenvalue weighted by Gasteiger charge is 2.19. The van der Waals surface area contributed by atoms with Crippen LogP contribution in [0.25, 0.3) is 21.3 Å². The number of hydrogen-bond acceptors (Lipinski definition) is 5. The van der Waals surface area contributed by atoms with Gasteiger partial charge in [-0.3, -0.25) is 4.79 Å². The first-order valence-electron chi connectivity index (χ1n) is 11.0. The summed E-state index contributed by atoms with van der Waals surface area (Å²) in [6.45, 7) is 15.6. The van der Waals surface area contributed by atoms with E-state index >= 15 is 0 Å². The van der Waals surface area contributed by atoms with Crippen molar-refractivity contribution in [1.29, 1.82) is 5.26 Å². The molecule has 2 aromatic heterocycles. The van der Waals surface area contributed by atoms with Crippen molar-refractivity contribution in [3.63, 3.8) is 0 Å². The van der Waals surface area contributed by atoms with Gasteiger partial charge in [-0.25, -0.2) is 0 Å². The van der Waals surface area contributed by atoms with Crippen LogP contribution < -0.4 is 10.5 Å². The van der Waals surface area contributed by atoms with Crippen LogP contribution in [0.3, 0.4) is 0 Å². The van der Waals surface area contributed by atoms with Crippen molar-refractivity contribution in [1.82, 2.24) is 4.98 Å². The molecule has 3 rings (SSSR count). The highest BCUT2D eigenvalue weighted by molar-refractivity contribution is 7.17. The first kappa shape index (κ1) is 23.9. The molecule has 2 N–H and O–H groups in total.